The van der Waals surface area contributed by atoms with Gasteiger partial charge in [0.05, 0.1) is 10.7 Å². The Labute approximate surface area is 217 Å². The molecule has 5 rings (SSSR count). The molecule has 1 amide bonds. The van der Waals surface area contributed by atoms with Gasteiger partial charge in [0.1, 0.15) is 5.69 Å². The fourth-order valence-electron chi connectivity index (χ4n) is 3.79. The van der Waals surface area contributed by atoms with Gasteiger partial charge in [-0.1, -0.05) is 84.6 Å². The minimum absolute atomic E-state index is 0.0444. The van der Waals surface area contributed by atoms with Crippen molar-refractivity contribution in [3.05, 3.63) is 119 Å². The van der Waals surface area contributed by atoms with E-state index in [1.165, 1.54) is 23.9 Å². The molecule has 1 heterocycles. The highest BCUT2D eigenvalue weighted by Crippen LogP contribution is 2.35. The van der Waals surface area contributed by atoms with Crippen LogP contribution in [0.4, 0.5) is 11.4 Å². The number of nitrogens with one attached hydrogen (secondary N) is 1. The van der Waals surface area contributed by atoms with Crippen molar-refractivity contribution in [1.82, 2.24) is 4.98 Å². The summed E-state index contributed by atoms with van der Waals surface area (Å²) in [6.45, 7) is 0. The maximum Gasteiger partial charge on any atom is 0.269 e. The van der Waals surface area contributed by atoms with E-state index in [-0.39, 0.29) is 17.3 Å². The fraction of sp³-hybridized carbons (Fsp3) is 0.0345. The molecule has 5 aromatic rings. The minimum atomic E-state index is -0.427. The van der Waals surface area contributed by atoms with Gasteiger partial charge in [0.15, 0.2) is 5.76 Å². The average molecular weight is 508 g/mol. The molecule has 1 N–H and O–H groups in total. The summed E-state index contributed by atoms with van der Waals surface area (Å²) >= 11 is 1.23. The molecule has 37 heavy (non-hydrogen) atoms. The second-order valence-electron chi connectivity index (χ2n) is 8.11. The molecule has 4 aromatic carbocycles. The van der Waals surface area contributed by atoms with Gasteiger partial charge in [0, 0.05) is 28.9 Å². The van der Waals surface area contributed by atoms with E-state index in [0.717, 1.165) is 27.9 Å². The van der Waals surface area contributed by atoms with E-state index >= 15 is 0 Å². The summed E-state index contributed by atoms with van der Waals surface area (Å²) in [5.74, 6) is 0.609. The molecule has 0 bridgehead atoms. The maximum absolute atomic E-state index is 12.6. The van der Waals surface area contributed by atoms with Gasteiger partial charge in [-0.15, -0.1) is 0 Å². The second kappa shape index (κ2) is 10.9. The van der Waals surface area contributed by atoms with E-state index in [1.54, 1.807) is 24.3 Å². The number of amides is 1. The highest BCUT2D eigenvalue weighted by Gasteiger charge is 2.18. The van der Waals surface area contributed by atoms with Crippen molar-refractivity contribution < 1.29 is 14.1 Å². The van der Waals surface area contributed by atoms with Crippen LogP contribution in [0, 0.1) is 10.1 Å². The zero-order valence-corrected chi connectivity index (χ0v) is 20.4. The molecule has 0 radical (unpaired) electrons. The van der Waals surface area contributed by atoms with Crippen molar-refractivity contribution >= 4 is 29.0 Å². The van der Waals surface area contributed by atoms with Gasteiger partial charge < -0.3 is 9.73 Å². The molecule has 0 aliphatic carbocycles. The minimum Gasteiger partial charge on any atom is -0.431 e. The van der Waals surface area contributed by atoms with Crippen LogP contribution in [-0.2, 0) is 4.79 Å². The van der Waals surface area contributed by atoms with Crippen molar-refractivity contribution in [2.45, 2.75) is 5.22 Å². The number of rotatable bonds is 8. The molecule has 0 aliphatic heterocycles. The molecule has 8 heteroatoms. The quantitative estimate of drug-likeness (QED) is 0.134. The highest BCUT2D eigenvalue weighted by atomic mass is 32.2. The maximum atomic E-state index is 12.6. The van der Waals surface area contributed by atoms with Gasteiger partial charge in [-0.3, -0.25) is 14.9 Å². The number of thioether (sulfide) groups is 1. The lowest BCUT2D eigenvalue weighted by Crippen LogP contribution is -2.13. The normalized spacial score (nSPS) is 10.7. The van der Waals surface area contributed by atoms with E-state index in [0.29, 0.717) is 16.7 Å². The molecule has 1 aromatic heterocycles. The predicted octanol–water partition coefficient (Wildman–Crippen LogP) is 7.31. The summed E-state index contributed by atoms with van der Waals surface area (Å²) < 4.78 is 6.07. The van der Waals surface area contributed by atoms with Crippen LogP contribution < -0.4 is 5.32 Å². The van der Waals surface area contributed by atoms with Crippen molar-refractivity contribution in [3.63, 3.8) is 0 Å². The summed E-state index contributed by atoms with van der Waals surface area (Å²) in [6.07, 6.45) is 0. The van der Waals surface area contributed by atoms with Crippen LogP contribution in [0.25, 0.3) is 33.7 Å². The summed E-state index contributed by atoms with van der Waals surface area (Å²) in [5, 5.41) is 14.1. The van der Waals surface area contributed by atoms with Gasteiger partial charge in [0.25, 0.3) is 10.9 Å². The van der Waals surface area contributed by atoms with E-state index in [4.69, 9.17) is 4.42 Å². The number of anilines is 1. The molecule has 0 atom stereocenters. The fourth-order valence-corrected chi connectivity index (χ4v) is 4.41. The Balaban J connectivity index is 1.25. The Morgan fingerprint density at radius 2 is 1.35 bits per heavy atom. The van der Waals surface area contributed by atoms with Crippen LogP contribution >= 0.6 is 11.8 Å². The third kappa shape index (κ3) is 5.76. The highest BCUT2D eigenvalue weighted by molar-refractivity contribution is 7.99. The molecule has 0 unspecified atom stereocenters. The predicted molar refractivity (Wildman–Crippen MR) is 145 cm³/mol. The summed E-state index contributed by atoms with van der Waals surface area (Å²) in [6, 6.07) is 33.2. The van der Waals surface area contributed by atoms with E-state index in [9.17, 15) is 14.9 Å². The number of nitrogens with zero attached hydrogens (tertiary/aromatic N) is 2. The summed E-state index contributed by atoms with van der Waals surface area (Å²) in [5.41, 5.74) is 5.03. The molecule has 0 saturated heterocycles. The lowest BCUT2D eigenvalue weighted by Gasteiger charge is -2.06. The lowest BCUT2D eigenvalue weighted by molar-refractivity contribution is -0.384. The zero-order valence-electron chi connectivity index (χ0n) is 19.5. The summed E-state index contributed by atoms with van der Waals surface area (Å²) in [4.78, 5) is 27.7. The van der Waals surface area contributed by atoms with Gasteiger partial charge >= 0.3 is 0 Å². The monoisotopic (exact) mass is 507 g/mol. The Hall–Kier alpha value is -4.69. The van der Waals surface area contributed by atoms with Gasteiger partial charge in [0.2, 0.25) is 5.91 Å². The number of oxazole rings is 1. The number of nitro groups is 1. The molecule has 0 fully saturated rings. The van der Waals surface area contributed by atoms with Crippen LogP contribution in [0.15, 0.2) is 119 Å². The number of carbonyl (C=O) groups is 1. The van der Waals surface area contributed by atoms with Crippen LogP contribution in [0.5, 0.6) is 0 Å². The Morgan fingerprint density at radius 3 is 1.95 bits per heavy atom. The average Bonchev–Trinajstić information content (AvgIpc) is 3.38. The van der Waals surface area contributed by atoms with Gasteiger partial charge in [-0.2, -0.15) is 0 Å². The molecule has 0 aliphatic rings. The second-order valence-corrected chi connectivity index (χ2v) is 9.03. The molecule has 0 saturated carbocycles. The standard InChI is InChI=1S/C29H21N3O4S/c33-26(30-24-15-11-20(12-16-24)21-13-17-25(18-14-21)32(34)35)19-37-29-31-27(22-7-3-1-4-8-22)28(36-29)23-9-5-2-6-10-23/h1-18H,19H2,(H,30,33). The third-order valence-corrected chi connectivity index (χ3v) is 6.43. The Bertz CT molecular complexity index is 1460. The molecular weight excluding hydrogens is 486 g/mol. The Morgan fingerprint density at radius 1 is 0.784 bits per heavy atom. The number of carbonyl (C=O) groups excluding carboxylic acids is 1. The van der Waals surface area contributed by atoms with E-state index in [2.05, 4.69) is 10.3 Å². The van der Waals surface area contributed by atoms with Crippen LogP contribution in [0.1, 0.15) is 0 Å². The number of aromatic nitrogens is 1. The molecule has 0 spiro atoms. The van der Waals surface area contributed by atoms with Crippen molar-refractivity contribution in [3.8, 4) is 33.7 Å². The first-order valence-electron chi connectivity index (χ1n) is 11.5. The largest absolute Gasteiger partial charge is 0.431 e. The van der Waals surface area contributed by atoms with E-state index < -0.39 is 4.92 Å². The van der Waals surface area contributed by atoms with Crippen LogP contribution in [0.2, 0.25) is 0 Å². The number of nitro benzene ring substituents is 1. The lowest BCUT2D eigenvalue weighted by atomic mass is 10.1. The topological polar surface area (TPSA) is 98.3 Å². The van der Waals surface area contributed by atoms with Crippen molar-refractivity contribution in [2.24, 2.45) is 0 Å². The van der Waals surface area contributed by atoms with Gasteiger partial charge in [-0.25, -0.2) is 4.98 Å². The number of hydrogen-bond donors (Lipinski definition) is 1. The number of non-ortho nitro benzene ring substituents is 1. The zero-order chi connectivity index (χ0) is 25.6. The number of benzene rings is 4. The van der Waals surface area contributed by atoms with Crippen LogP contribution in [-0.4, -0.2) is 21.6 Å². The van der Waals surface area contributed by atoms with Crippen molar-refractivity contribution in [2.75, 3.05) is 11.1 Å². The third-order valence-electron chi connectivity index (χ3n) is 5.60. The molecule has 7 nitrogen and oxygen atoms in total. The van der Waals surface area contributed by atoms with Gasteiger partial charge in [-0.05, 0) is 35.4 Å². The summed E-state index contributed by atoms with van der Waals surface area (Å²) in [7, 11) is 0. The SMILES string of the molecule is O=C(CSc1nc(-c2ccccc2)c(-c2ccccc2)o1)Nc1ccc(-c2ccc([N+](=O)[O-])cc2)cc1. The Kier molecular flexibility index (Phi) is 7.09. The first kappa shape index (κ1) is 24.0. The first-order valence-corrected chi connectivity index (χ1v) is 12.4. The van der Waals surface area contributed by atoms with Crippen molar-refractivity contribution in [1.29, 1.82) is 0 Å². The first-order chi connectivity index (χ1) is 18.1. The smallest absolute Gasteiger partial charge is 0.269 e. The molecular formula is C29H21N3O4S. The van der Waals surface area contributed by atoms with Crippen LogP contribution in [0.3, 0.4) is 0 Å². The van der Waals surface area contributed by atoms with E-state index in [1.807, 2.05) is 72.8 Å². The number of hydrogen-bond acceptors (Lipinski definition) is 6. The molecule has 182 valence electrons.